The van der Waals surface area contributed by atoms with Gasteiger partial charge >= 0.3 is 0 Å². The molecule has 4 rings (SSSR count). The summed E-state index contributed by atoms with van der Waals surface area (Å²) in [5.74, 6) is 6.01. The van der Waals surface area contributed by atoms with Crippen molar-refractivity contribution in [3.05, 3.63) is 71.2 Å². The average molecular weight is 463 g/mol. The Morgan fingerprint density at radius 3 is 2.79 bits per heavy atom. The average Bonchev–Trinajstić information content (AvgIpc) is 3.49. The van der Waals surface area contributed by atoms with E-state index in [-0.39, 0.29) is 11.7 Å². The van der Waals surface area contributed by atoms with Crippen molar-refractivity contribution in [1.29, 1.82) is 0 Å². The lowest BCUT2D eigenvalue weighted by atomic mass is 10.2. The number of amides is 1. The second kappa shape index (κ2) is 10.3. The van der Waals surface area contributed by atoms with Crippen LogP contribution in [0.5, 0.6) is 11.5 Å². The lowest BCUT2D eigenvalue weighted by Crippen LogP contribution is -2.22. The first kappa shape index (κ1) is 22.5. The summed E-state index contributed by atoms with van der Waals surface area (Å²) in [5.41, 5.74) is 1.48. The number of aromatic nitrogens is 2. The van der Waals surface area contributed by atoms with Crippen LogP contribution in [0.4, 0.5) is 10.1 Å². The van der Waals surface area contributed by atoms with Gasteiger partial charge in [-0.15, -0.1) is 11.3 Å². The maximum Gasteiger partial charge on any atom is 0.272 e. The van der Waals surface area contributed by atoms with Crippen LogP contribution < -0.4 is 10.1 Å². The molecule has 2 N–H and O–H groups in total. The standard InChI is InChI=1S/C25H23FN4O2S/c1-3-30(4-2)14-6-7-18-16-21-24(33-18)23(11-13-28-21)32-22-10-9-17(15-19(22)26)29-25(31)20-8-5-12-27-20/h5,8-13,15-16,27H,3-4,14H2,1-2H3,(H,29,31). The van der Waals surface area contributed by atoms with Crippen LogP contribution >= 0.6 is 11.3 Å². The zero-order valence-electron chi connectivity index (χ0n) is 18.3. The van der Waals surface area contributed by atoms with Crippen LogP contribution in [0.1, 0.15) is 29.2 Å². The molecule has 33 heavy (non-hydrogen) atoms. The number of fused-ring (bicyclic) bond motifs is 1. The summed E-state index contributed by atoms with van der Waals surface area (Å²) < 4.78 is 21.4. The fourth-order valence-electron chi connectivity index (χ4n) is 3.19. The summed E-state index contributed by atoms with van der Waals surface area (Å²) in [7, 11) is 0. The predicted molar refractivity (Wildman–Crippen MR) is 130 cm³/mol. The maximum absolute atomic E-state index is 14.7. The van der Waals surface area contributed by atoms with E-state index < -0.39 is 5.82 Å². The fourth-order valence-corrected chi connectivity index (χ4v) is 4.13. The van der Waals surface area contributed by atoms with E-state index in [0.717, 1.165) is 28.2 Å². The molecule has 0 aliphatic heterocycles. The highest BCUT2D eigenvalue weighted by molar-refractivity contribution is 7.19. The van der Waals surface area contributed by atoms with E-state index in [0.29, 0.717) is 23.7 Å². The van der Waals surface area contributed by atoms with Gasteiger partial charge < -0.3 is 15.0 Å². The number of halogens is 1. The summed E-state index contributed by atoms with van der Waals surface area (Å²) in [4.78, 5) is 22.4. The third-order valence-electron chi connectivity index (χ3n) is 5.04. The molecular formula is C25H23FN4O2S. The second-order valence-electron chi connectivity index (χ2n) is 7.18. The highest BCUT2D eigenvalue weighted by Crippen LogP contribution is 2.35. The molecule has 0 radical (unpaired) electrons. The van der Waals surface area contributed by atoms with Gasteiger partial charge in [0.1, 0.15) is 11.4 Å². The van der Waals surface area contributed by atoms with Crippen molar-refractivity contribution >= 4 is 33.1 Å². The molecule has 0 spiro atoms. The van der Waals surface area contributed by atoms with E-state index in [2.05, 4.69) is 45.9 Å². The lowest BCUT2D eigenvalue weighted by molar-refractivity contribution is 0.102. The molecule has 4 aromatic rings. The van der Waals surface area contributed by atoms with Crippen LogP contribution in [0.2, 0.25) is 0 Å². The molecule has 0 saturated carbocycles. The van der Waals surface area contributed by atoms with Crippen molar-refractivity contribution in [3.8, 4) is 23.3 Å². The number of rotatable bonds is 7. The number of thiophene rings is 1. The molecule has 0 unspecified atom stereocenters. The maximum atomic E-state index is 14.7. The van der Waals surface area contributed by atoms with Crippen LogP contribution in [0.15, 0.2) is 54.9 Å². The van der Waals surface area contributed by atoms with Crippen LogP contribution in [-0.2, 0) is 0 Å². The van der Waals surface area contributed by atoms with Gasteiger partial charge in [-0.1, -0.05) is 25.7 Å². The highest BCUT2D eigenvalue weighted by atomic mass is 32.1. The highest BCUT2D eigenvalue weighted by Gasteiger charge is 2.13. The first-order chi connectivity index (χ1) is 16.1. The zero-order valence-corrected chi connectivity index (χ0v) is 19.1. The van der Waals surface area contributed by atoms with E-state index in [4.69, 9.17) is 4.74 Å². The molecule has 0 aliphatic carbocycles. The SMILES string of the molecule is CCN(CC)CC#Cc1cc2nccc(Oc3ccc(NC(=O)c4ccc[nH]4)cc3F)c2s1. The van der Waals surface area contributed by atoms with Gasteiger partial charge in [0, 0.05) is 30.2 Å². The Morgan fingerprint density at radius 2 is 2.06 bits per heavy atom. The Bertz CT molecular complexity index is 1320. The zero-order chi connectivity index (χ0) is 23.2. The van der Waals surface area contributed by atoms with Crippen molar-refractivity contribution in [2.75, 3.05) is 25.0 Å². The first-order valence-electron chi connectivity index (χ1n) is 10.6. The Balaban J connectivity index is 1.51. The molecule has 0 aliphatic rings. The van der Waals surface area contributed by atoms with E-state index in [9.17, 15) is 9.18 Å². The minimum absolute atomic E-state index is 0.0583. The number of aromatic amines is 1. The minimum Gasteiger partial charge on any atom is -0.453 e. The molecule has 3 aromatic heterocycles. The normalized spacial score (nSPS) is 10.8. The number of nitrogens with zero attached hydrogens (tertiary/aromatic N) is 2. The topological polar surface area (TPSA) is 70.2 Å². The molecule has 168 valence electrons. The van der Waals surface area contributed by atoms with Crippen LogP contribution in [0.25, 0.3) is 10.2 Å². The Labute approximate surface area is 195 Å². The Hall–Kier alpha value is -3.67. The first-order valence-corrected chi connectivity index (χ1v) is 11.4. The Morgan fingerprint density at radius 1 is 1.21 bits per heavy atom. The molecule has 8 heteroatoms. The van der Waals surface area contributed by atoms with Crippen molar-refractivity contribution < 1.29 is 13.9 Å². The number of anilines is 1. The molecular weight excluding hydrogens is 439 g/mol. The number of carbonyl (C=O) groups is 1. The molecule has 6 nitrogen and oxygen atoms in total. The number of H-pyrrole nitrogens is 1. The summed E-state index contributed by atoms with van der Waals surface area (Å²) in [6, 6.07) is 11.3. The van der Waals surface area contributed by atoms with E-state index >= 15 is 0 Å². The molecule has 0 atom stereocenters. The molecule has 0 fully saturated rings. The van der Waals surface area contributed by atoms with Gasteiger partial charge in [0.05, 0.1) is 21.6 Å². The number of hydrogen-bond acceptors (Lipinski definition) is 5. The van der Waals surface area contributed by atoms with Crippen molar-refractivity contribution in [2.24, 2.45) is 0 Å². The molecule has 1 amide bonds. The van der Waals surface area contributed by atoms with E-state index in [1.54, 1.807) is 36.7 Å². The second-order valence-corrected chi connectivity index (χ2v) is 8.23. The summed E-state index contributed by atoms with van der Waals surface area (Å²) in [6.07, 6.45) is 3.27. The number of nitrogens with one attached hydrogen (secondary N) is 2. The van der Waals surface area contributed by atoms with Crippen molar-refractivity contribution in [1.82, 2.24) is 14.9 Å². The van der Waals surface area contributed by atoms with Gasteiger partial charge in [0.25, 0.3) is 5.91 Å². The summed E-state index contributed by atoms with van der Waals surface area (Å²) in [6.45, 7) is 6.84. The predicted octanol–water partition coefficient (Wildman–Crippen LogP) is 5.50. The quantitative estimate of drug-likeness (QED) is 0.356. The van der Waals surface area contributed by atoms with Gasteiger partial charge in [-0.25, -0.2) is 4.39 Å². The summed E-state index contributed by atoms with van der Waals surface area (Å²) in [5, 5.41) is 2.65. The molecule has 3 heterocycles. The van der Waals surface area contributed by atoms with E-state index in [1.165, 1.54) is 23.5 Å². The van der Waals surface area contributed by atoms with Crippen LogP contribution in [0, 0.1) is 17.7 Å². The number of benzene rings is 1. The van der Waals surface area contributed by atoms with Gasteiger partial charge in [-0.05, 0) is 43.4 Å². The molecule has 1 aromatic carbocycles. The number of pyridine rings is 1. The van der Waals surface area contributed by atoms with Crippen molar-refractivity contribution in [2.45, 2.75) is 13.8 Å². The minimum atomic E-state index is -0.583. The third kappa shape index (κ3) is 5.40. The Kier molecular flexibility index (Phi) is 7.03. The van der Waals surface area contributed by atoms with Gasteiger partial charge in [0.2, 0.25) is 0 Å². The monoisotopic (exact) mass is 462 g/mol. The van der Waals surface area contributed by atoms with Gasteiger partial charge in [0.15, 0.2) is 11.6 Å². The largest absolute Gasteiger partial charge is 0.453 e. The number of ether oxygens (including phenoxy) is 1. The number of hydrogen-bond donors (Lipinski definition) is 2. The molecule has 0 saturated heterocycles. The van der Waals surface area contributed by atoms with Crippen molar-refractivity contribution in [3.63, 3.8) is 0 Å². The number of carbonyl (C=O) groups excluding carboxylic acids is 1. The van der Waals surface area contributed by atoms with Gasteiger partial charge in [-0.3, -0.25) is 14.7 Å². The summed E-state index contributed by atoms with van der Waals surface area (Å²) >= 11 is 1.46. The van der Waals surface area contributed by atoms with Gasteiger partial charge in [-0.2, -0.15) is 0 Å². The lowest BCUT2D eigenvalue weighted by Gasteiger charge is -2.12. The smallest absolute Gasteiger partial charge is 0.272 e. The molecule has 0 bridgehead atoms. The fraction of sp³-hybridized carbons (Fsp3) is 0.200. The van der Waals surface area contributed by atoms with Crippen LogP contribution in [-0.4, -0.2) is 40.4 Å². The van der Waals surface area contributed by atoms with E-state index in [1.807, 2.05) is 6.07 Å². The third-order valence-corrected chi connectivity index (χ3v) is 6.09. The van der Waals surface area contributed by atoms with Crippen LogP contribution in [0.3, 0.4) is 0 Å².